The lowest BCUT2D eigenvalue weighted by molar-refractivity contribution is -0.123. The van der Waals surface area contributed by atoms with Crippen LogP contribution in [0.3, 0.4) is 0 Å². The molecule has 0 saturated heterocycles. The maximum atomic E-state index is 12.6. The largest absolute Gasteiger partial charge is 0.387 e. The Labute approximate surface area is 150 Å². The van der Waals surface area contributed by atoms with E-state index < -0.39 is 6.10 Å². The number of rotatable bonds is 3. The number of aromatic nitrogens is 1. The average Bonchev–Trinajstić information content (AvgIpc) is 2.54. The first-order valence-corrected chi connectivity index (χ1v) is 8.58. The number of halogens is 2. The van der Waals surface area contributed by atoms with Gasteiger partial charge in [0.05, 0.1) is 17.7 Å². The molecule has 0 fully saturated rings. The number of carbonyl (C=O) groups is 1. The smallest absolute Gasteiger partial charge is 0.227 e. The molecule has 1 amide bonds. The van der Waals surface area contributed by atoms with Crippen LogP contribution in [0.15, 0.2) is 30.5 Å². The zero-order valence-corrected chi connectivity index (χ0v) is 14.7. The Balaban J connectivity index is 1.76. The SMILES string of the molecule is Cc1cc(Cl)cc(Cl)c1CNC(=O)[C@H]1CC[C@H](O)c2ncccc21. The number of pyridine rings is 1. The third-order valence-corrected chi connectivity index (χ3v) is 4.99. The Bertz CT molecular complexity index is 756. The van der Waals surface area contributed by atoms with E-state index in [0.717, 1.165) is 16.7 Å². The Morgan fingerprint density at radius 3 is 2.92 bits per heavy atom. The summed E-state index contributed by atoms with van der Waals surface area (Å²) in [5, 5.41) is 14.1. The van der Waals surface area contributed by atoms with Gasteiger partial charge in [0.2, 0.25) is 5.91 Å². The minimum absolute atomic E-state index is 0.0819. The molecule has 1 aliphatic carbocycles. The quantitative estimate of drug-likeness (QED) is 0.867. The molecule has 0 bridgehead atoms. The summed E-state index contributed by atoms with van der Waals surface area (Å²) < 4.78 is 0. The number of carbonyl (C=O) groups excluding carboxylic acids is 1. The molecule has 1 heterocycles. The number of hydrogen-bond donors (Lipinski definition) is 2. The van der Waals surface area contributed by atoms with Gasteiger partial charge in [0, 0.05) is 22.8 Å². The number of amides is 1. The van der Waals surface area contributed by atoms with Crippen molar-refractivity contribution in [3.05, 3.63) is 62.9 Å². The topological polar surface area (TPSA) is 62.2 Å². The molecule has 2 N–H and O–H groups in total. The summed E-state index contributed by atoms with van der Waals surface area (Å²) in [7, 11) is 0. The summed E-state index contributed by atoms with van der Waals surface area (Å²) in [5.41, 5.74) is 3.20. The maximum absolute atomic E-state index is 12.6. The fraction of sp³-hybridized carbons (Fsp3) is 0.333. The molecule has 6 heteroatoms. The highest BCUT2D eigenvalue weighted by Crippen LogP contribution is 2.36. The highest BCUT2D eigenvalue weighted by molar-refractivity contribution is 6.35. The van der Waals surface area contributed by atoms with Gasteiger partial charge in [0.15, 0.2) is 0 Å². The Kier molecular flexibility index (Phi) is 5.09. The zero-order chi connectivity index (χ0) is 17.3. The molecule has 1 aliphatic rings. The summed E-state index contributed by atoms with van der Waals surface area (Å²) in [6.07, 6.45) is 2.17. The van der Waals surface area contributed by atoms with Crippen molar-refractivity contribution in [1.29, 1.82) is 0 Å². The van der Waals surface area contributed by atoms with Crippen LogP contribution in [0.4, 0.5) is 0 Å². The van der Waals surface area contributed by atoms with E-state index in [-0.39, 0.29) is 11.8 Å². The van der Waals surface area contributed by atoms with E-state index >= 15 is 0 Å². The monoisotopic (exact) mass is 364 g/mol. The molecule has 0 saturated carbocycles. The van der Waals surface area contributed by atoms with Gasteiger partial charge < -0.3 is 10.4 Å². The van der Waals surface area contributed by atoms with Crippen LogP contribution in [0.1, 0.15) is 47.2 Å². The summed E-state index contributed by atoms with van der Waals surface area (Å²) in [5.74, 6) is -0.384. The van der Waals surface area contributed by atoms with Crippen molar-refractivity contribution in [3.63, 3.8) is 0 Å². The lowest BCUT2D eigenvalue weighted by atomic mass is 9.83. The van der Waals surface area contributed by atoms with Crippen LogP contribution in [0, 0.1) is 6.92 Å². The molecular weight excluding hydrogens is 347 g/mol. The molecule has 1 aromatic carbocycles. The number of hydrogen-bond acceptors (Lipinski definition) is 3. The van der Waals surface area contributed by atoms with Gasteiger partial charge in [-0.05, 0) is 54.7 Å². The van der Waals surface area contributed by atoms with E-state index in [9.17, 15) is 9.90 Å². The molecule has 0 aliphatic heterocycles. The first kappa shape index (κ1) is 17.2. The molecule has 3 rings (SSSR count). The molecule has 1 aromatic heterocycles. The van der Waals surface area contributed by atoms with Gasteiger partial charge in [-0.15, -0.1) is 0 Å². The number of aryl methyl sites for hydroxylation is 1. The molecule has 4 nitrogen and oxygen atoms in total. The van der Waals surface area contributed by atoms with Crippen molar-refractivity contribution in [1.82, 2.24) is 10.3 Å². The fourth-order valence-corrected chi connectivity index (χ4v) is 3.81. The lowest BCUT2D eigenvalue weighted by Crippen LogP contribution is -2.32. The molecule has 2 atom stereocenters. The van der Waals surface area contributed by atoms with E-state index in [1.165, 1.54) is 0 Å². The fourth-order valence-electron chi connectivity index (χ4n) is 3.15. The van der Waals surface area contributed by atoms with Crippen molar-refractivity contribution in [2.75, 3.05) is 0 Å². The number of benzene rings is 1. The number of aliphatic hydroxyl groups excluding tert-OH is 1. The Hall–Kier alpha value is -1.62. The first-order chi connectivity index (χ1) is 11.5. The van der Waals surface area contributed by atoms with Crippen LogP contribution >= 0.6 is 23.2 Å². The average molecular weight is 365 g/mol. The molecule has 24 heavy (non-hydrogen) atoms. The molecule has 2 aromatic rings. The number of nitrogens with one attached hydrogen (secondary N) is 1. The predicted molar refractivity (Wildman–Crippen MR) is 94.2 cm³/mol. The van der Waals surface area contributed by atoms with Crippen molar-refractivity contribution >= 4 is 29.1 Å². The van der Waals surface area contributed by atoms with Gasteiger partial charge in [-0.1, -0.05) is 29.3 Å². The van der Waals surface area contributed by atoms with Gasteiger partial charge >= 0.3 is 0 Å². The van der Waals surface area contributed by atoms with Crippen LogP contribution in [0.2, 0.25) is 10.0 Å². The van der Waals surface area contributed by atoms with E-state index in [4.69, 9.17) is 23.2 Å². The minimum Gasteiger partial charge on any atom is -0.387 e. The lowest BCUT2D eigenvalue weighted by Gasteiger charge is -2.27. The van der Waals surface area contributed by atoms with Crippen LogP contribution in [0.5, 0.6) is 0 Å². The Morgan fingerprint density at radius 2 is 2.17 bits per heavy atom. The summed E-state index contributed by atoms with van der Waals surface area (Å²) in [6, 6.07) is 7.14. The molecular formula is C18H18Cl2N2O2. The standard InChI is InChI=1S/C18H18Cl2N2O2/c1-10-7-11(19)8-15(20)14(10)9-22-18(24)13-4-5-16(23)17-12(13)3-2-6-21-17/h2-3,6-8,13,16,23H,4-5,9H2,1H3,(H,22,24)/t13-,16-/m0/s1. The Morgan fingerprint density at radius 1 is 1.38 bits per heavy atom. The second-order valence-corrected chi connectivity index (χ2v) is 6.87. The number of nitrogens with zero attached hydrogens (tertiary/aromatic N) is 1. The second kappa shape index (κ2) is 7.09. The summed E-state index contributed by atoms with van der Waals surface area (Å²) >= 11 is 12.2. The van der Waals surface area contributed by atoms with Gasteiger partial charge in [0.25, 0.3) is 0 Å². The third kappa shape index (κ3) is 3.41. The van der Waals surface area contributed by atoms with Crippen LogP contribution < -0.4 is 5.32 Å². The van der Waals surface area contributed by atoms with Crippen LogP contribution in [-0.4, -0.2) is 16.0 Å². The second-order valence-electron chi connectivity index (χ2n) is 6.02. The van der Waals surface area contributed by atoms with E-state index in [2.05, 4.69) is 10.3 Å². The van der Waals surface area contributed by atoms with Crippen LogP contribution in [0.25, 0.3) is 0 Å². The van der Waals surface area contributed by atoms with Gasteiger partial charge in [-0.25, -0.2) is 0 Å². The van der Waals surface area contributed by atoms with Crippen molar-refractivity contribution in [2.45, 2.75) is 38.3 Å². The summed E-state index contributed by atoms with van der Waals surface area (Å²) in [6.45, 7) is 2.25. The highest BCUT2D eigenvalue weighted by Gasteiger charge is 2.31. The molecule has 0 unspecified atom stereocenters. The molecule has 0 radical (unpaired) electrons. The molecule has 126 valence electrons. The maximum Gasteiger partial charge on any atom is 0.227 e. The predicted octanol–water partition coefficient (Wildman–Crippen LogP) is 3.92. The van der Waals surface area contributed by atoms with E-state index in [0.29, 0.717) is 35.1 Å². The zero-order valence-electron chi connectivity index (χ0n) is 13.2. The van der Waals surface area contributed by atoms with Gasteiger partial charge in [-0.3, -0.25) is 9.78 Å². The normalized spacial score (nSPS) is 19.7. The highest BCUT2D eigenvalue weighted by atomic mass is 35.5. The van der Waals surface area contributed by atoms with Crippen molar-refractivity contribution in [3.8, 4) is 0 Å². The number of fused-ring (bicyclic) bond motifs is 1. The third-order valence-electron chi connectivity index (χ3n) is 4.43. The van der Waals surface area contributed by atoms with Crippen molar-refractivity contribution < 1.29 is 9.90 Å². The number of aliphatic hydroxyl groups is 1. The van der Waals surface area contributed by atoms with Crippen LogP contribution in [-0.2, 0) is 11.3 Å². The minimum atomic E-state index is -0.599. The van der Waals surface area contributed by atoms with Crippen molar-refractivity contribution in [2.24, 2.45) is 0 Å². The first-order valence-electron chi connectivity index (χ1n) is 7.82. The van der Waals surface area contributed by atoms with Gasteiger partial charge in [-0.2, -0.15) is 0 Å². The summed E-state index contributed by atoms with van der Waals surface area (Å²) in [4.78, 5) is 16.9. The van der Waals surface area contributed by atoms with Gasteiger partial charge in [0.1, 0.15) is 0 Å². The molecule has 0 spiro atoms. The van der Waals surface area contributed by atoms with E-state index in [1.54, 1.807) is 18.3 Å². The van der Waals surface area contributed by atoms with E-state index in [1.807, 2.05) is 19.1 Å².